The summed E-state index contributed by atoms with van der Waals surface area (Å²) in [4.78, 5) is 8.81. The van der Waals surface area contributed by atoms with Crippen molar-refractivity contribution in [3.63, 3.8) is 0 Å². The lowest BCUT2D eigenvalue weighted by atomic mass is 10.6. The highest BCUT2D eigenvalue weighted by atomic mass is 32.2. The molecule has 3 aromatic rings. The van der Waals surface area contributed by atoms with Crippen LogP contribution < -0.4 is 10.0 Å². The molecule has 0 atom stereocenters. The average Bonchev–Trinajstić information content (AvgIpc) is 3.05. The first-order valence-electron chi connectivity index (χ1n) is 6.15. The van der Waals surface area contributed by atoms with E-state index in [2.05, 4.69) is 20.0 Å². The first-order valence-corrected chi connectivity index (χ1v) is 8.52. The Kier molecular flexibility index (Phi) is 3.33. The van der Waals surface area contributed by atoms with Gasteiger partial charge in [0.2, 0.25) is 5.03 Å². The van der Waals surface area contributed by atoms with E-state index in [1.54, 1.807) is 18.5 Å². The minimum Gasteiger partial charge on any atom is -0.431 e. The molecule has 0 unspecified atom stereocenters. The summed E-state index contributed by atoms with van der Waals surface area (Å²) < 4.78 is 34.0. The molecule has 0 spiro atoms. The molecule has 21 heavy (non-hydrogen) atoms. The van der Waals surface area contributed by atoms with Crippen molar-refractivity contribution in [2.24, 2.45) is 0 Å². The SMILES string of the molecule is CCNc1nc2sccn2c1S(=O)(=O)Nc1nc(C)co1. The van der Waals surface area contributed by atoms with E-state index in [0.717, 1.165) is 0 Å². The van der Waals surface area contributed by atoms with E-state index < -0.39 is 10.0 Å². The predicted octanol–water partition coefficient (Wildman–Crippen LogP) is 1.92. The van der Waals surface area contributed by atoms with E-state index in [9.17, 15) is 8.42 Å². The fraction of sp³-hybridized carbons (Fsp3) is 0.273. The molecule has 2 N–H and O–H groups in total. The van der Waals surface area contributed by atoms with Gasteiger partial charge in [-0.2, -0.15) is 13.4 Å². The molecule has 8 nitrogen and oxygen atoms in total. The molecule has 0 radical (unpaired) electrons. The Morgan fingerprint density at radius 2 is 2.24 bits per heavy atom. The van der Waals surface area contributed by atoms with Crippen molar-refractivity contribution in [2.75, 3.05) is 16.6 Å². The summed E-state index contributed by atoms with van der Waals surface area (Å²) in [6, 6.07) is -0.0693. The summed E-state index contributed by atoms with van der Waals surface area (Å²) in [6.45, 7) is 4.14. The number of nitrogens with zero attached hydrogens (tertiary/aromatic N) is 3. The Bertz CT molecular complexity index is 877. The first-order chi connectivity index (χ1) is 10.0. The van der Waals surface area contributed by atoms with Gasteiger partial charge in [0.25, 0.3) is 10.0 Å². The molecule has 0 aliphatic carbocycles. The second kappa shape index (κ2) is 5.04. The van der Waals surface area contributed by atoms with Crippen LogP contribution in [0.3, 0.4) is 0 Å². The third-order valence-electron chi connectivity index (χ3n) is 2.66. The highest BCUT2D eigenvalue weighted by Gasteiger charge is 2.27. The number of imidazole rings is 1. The summed E-state index contributed by atoms with van der Waals surface area (Å²) in [5, 5.41) is 4.76. The van der Waals surface area contributed by atoms with Gasteiger partial charge in [-0.1, -0.05) is 0 Å². The monoisotopic (exact) mass is 327 g/mol. The lowest BCUT2D eigenvalue weighted by Gasteiger charge is -2.06. The number of nitrogens with one attached hydrogen (secondary N) is 2. The molecule has 3 aromatic heterocycles. The predicted molar refractivity (Wildman–Crippen MR) is 79.3 cm³/mol. The van der Waals surface area contributed by atoms with Gasteiger partial charge < -0.3 is 9.73 Å². The Labute approximate surface area is 124 Å². The summed E-state index contributed by atoms with van der Waals surface area (Å²) in [5.74, 6) is 0.306. The highest BCUT2D eigenvalue weighted by molar-refractivity contribution is 7.92. The largest absolute Gasteiger partial charge is 0.431 e. The first kappa shape index (κ1) is 13.9. The zero-order chi connectivity index (χ0) is 15.0. The second-order valence-electron chi connectivity index (χ2n) is 4.25. The van der Waals surface area contributed by atoms with Crippen LogP contribution in [0.2, 0.25) is 0 Å². The molecule has 0 saturated heterocycles. The summed E-state index contributed by atoms with van der Waals surface area (Å²) >= 11 is 1.36. The van der Waals surface area contributed by atoms with Gasteiger partial charge in [-0.25, -0.2) is 9.71 Å². The third-order valence-corrected chi connectivity index (χ3v) is 4.76. The number of anilines is 2. The van der Waals surface area contributed by atoms with Gasteiger partial charge in [-0.15, -0.1) is 11.3 Å². The minimum absolute atomic E-state index is 0.0384. The van der Waals surface area contributed by atoms with Crippen LogP contribution >= 0.6 is 11.3 Å². The molecule has 0 aromatic carbocycles. The molecule has 0 fully saturated rings. The minimum atomic E-state index is -3.87. The van der Waals surface area contributed by atoms with Crippen LogP contribution in [0.1, 0.15) is 12.6 Å². The lowest BCUT2D eigenvalue weighted by molar-refractivity contribution is 0.568. The highest BCUT2D eigenvalue weighted by Crippen LogP contribution is 2.27. The van der Waals surface area contributed by atoms with Crippen molar-refractivity contribution in [1.82, 2.24) is 14.4 Å². The van der Waals surface area contributed by atoms with Gasteiger partial charge in [0.05, 0.1) is 5.69 Å². The standard InChI is InChI=1S/C11H13N5O3S2/c1-3-12-8-9(16-4-5-20-11(16)14-8)21(17,18)15-10-13-7(2)6-19-10/h4-6,12H,3H2,1-2H3,(H,13,15). The number of sulfonamides is 1. The maximum absolute atomic E-state index is 12.6. The topological polar surface area (TPSA) is 102 Å². The van der Waals surface area contributed by atoms with Gasteiger partial charge in [-0.05, 0) is 13.8 Å². The Morgan fingerprint density at radius 3 is 2.90 bits per heavy atom. The van der Waals surface area contributed by atoms with Crippen LogP contribution in [-0.2, 0) is 10.0 Å². The van der Waals surface area contributed by atoms with Crippen LogP contribution in [0.5, 0.6) is 0 Å². The van der Waals surface area contributed by atoms with E-state index in [-0.39, 0.29) is 11.0 Å². The zero-order valence-corrected chi connectivity index (χ0v) is 13.0. The molecule has 3 rings (SSSR count). The van der Waals surface area contributed by atoms with Crippen molar-refractivity contribution < 1.29 is 12.8 Å². The van der Waals surface area contributed by atoms with Crippen LogP contribution in [0.15, 0.2) is 27.3 Å². The van der Waals surface area contributed by atoms with E-state index in [0.29, 0.717) is 23.0 Å². The van der Waals surface area contributed by atoms with E-state index in [4.69, 9.17) is 4.42 Å². The van der Waals surface area contributed by atoms with Crippen LogP contribution in [0, 0.1) is 6.92 Å². The zero-order valence-electron chi connectivity index (χ0n) is 11.3. The molecule has 3 heterocycles. The van der Waals surface area contributed by atoms with Crippen molar-refractivity contribution in [2.45, 2.75) is 18.9 Å². The lowest BCUT2D eigenvalue weighted by Crippen LogP contribution is -2.17. The molecule has 0 saturated carbocycles. The van der Waals surface area contributed by atoms with E-state index >= 15 is 0 Å². The van der Waals surface area contributed by atoms with E-state index in [1.807, 2.05) is 6.92 Å². The molecular weight excluding hydrogens is 314 g/mol. The number of fused-ring (bicyclic) bond motifs is 1. The maximum atomic E-state index is 12.6. The van der Waals surface area contributed by atoms with Crippen molar-refractivity contribution in [3.8, 4) is 0 Å². The second-order valence-corrected chi connectivity index (χ2v) is 6.72. The summed E-state index contributed by atoms with van der Waals surface area (Å²) in [7, 11) is -3.87. The van der Waals surface area contributed by atoms with Crippen LogP contribution in [0.25, 0.3) is 4.96 Å². The number of hydrogen-bond donors (Lipinski definition) is 2. The number of thiazole rings is 1. The van der Waals surface area contributed by atoms with Crippen molar-refractivity contribution in [1.29, 1.82) is 0 Å². The van der Waals surface area contributed by atoms with Gasteiger partial charge in [0.1, 0.15) is 6.26 Å². The maximum Gasteiger partial charge on any atom is 0.309 e. The fourth-order valence-electron chi connectivity index (χ4n) is 1.87. The Balaban J connectivity index is 2.08. The Morgan fingerprint density at radius 1 is 1.43 bits per heavy atom. The quantitative estimate of drug-likeness (QED) is 0.742. The van der Waals surface area contributed by atoms with Gasteiger partial charge in [-0.3, -0.25) is 4.40 Å². The molecule has 0 bridgehead atoms. The van der Waals surface area contributed by atoms with Crippen LogP contribution in [-0.4, -0.2) is 29.3 Å². The van der Waals surface area contributed by atoms with Gasteiger partial charge >= 0.3 is 6.01 Å². The molecule has 0 amide bonds. The Hall–Kier alpha value is -2.07. The molecular formula is C11H13N5O3S2. The molecule has 10 heteroatoms. The number of oxazole rings is 1. The number of aromatic nitrogens is 3. The number of aryl methyl sites for hydroxylation is 1. The molecule has 112 valence electrons. The van der Waals surface area contributed by atoms with Crippen LogP contribution in [0.4, 0.5) is 11.8 Å². The van der Waals surface area contributed by atoms with Crippen molar-refractivity contribution >= 4 is 38.2 Å². The normalized spacial score (nSPS) is 11.9. The molecule has 0 aliphatic rings. The molecule has 0 aliphatic heterocycles. The number of hydrogen-bond acceptors (Lipinski definition) is 7. The smallest absolute Gasteiger partial charge is 0.309 e. The summed E-state index contributed by atoms with van der Waals surface area (Å²) in [5.41, 5.74) is 0.591. The third kappa shape index (κ3) is 2.47. The number of rotatable bonds is 5. The van der Waals surface area contributed by atoms with Gasteiger partial charge in [0, 0.05) is 18.1 Å². The van der Waals surface area contributed by atoms with E-state index in [1.165, 1.54) is 22.0 Å². The van der Waals surface area contributed by atoms with Gasteiger partial charge in [0.15, 0.2) is 10.8 Å². The fourth-order valence-corrected chi connectivity index (χ4v) is 3.84. The van der Waals surface area contributed by atoms with Crippen molar-refractivity contribution in [3.05, 3.63) is 23.5 Å². The average molecular weight is 327 g/mol. The summed E-state index contributed by atoms with van der Waals surface area (Å²) in [6.07, 6.45) is 3.03.